The van der Waals surface area contributed by atoms with E-state index in [4.69, 9.17) is 18.9 Å². The molecule has 0 radical (unpaired) electrons. The van der Waals surface area contributed by atoms with E-state index >= 15 is 0 Å². The third-order valence-electron chi connectivity index (χ3n) is 4.96. The fourth-order valence-corrected chi connectivity index (χ4v) is 3.15. The van der Waals surface area contributed by atoms with E-state index in [1.807, 2.05) is 30.3 Å². The summed E-state index contributed by atoms with van der Waals surface area (Å²) in [5, 5.41) is 38.6. The normalized spacial score (nSPS) is 25.6. The number of methoxy groups -OCH3 is 1. The molecule has 9 nitrogen and oxygen atoms in total. The number of carbonyl (C=O) groups is 1. The average Bonchev–Trinajstić information content (AvgIpc) is 2.79. The van der Waals surface area contributed by atoms with Crippen molar-refractivity contribution in [2.24, 2.45) is 0 Å². The molecule has 1 unspecified atom stereocenters. The van der Waals surface area contributed by atoms with E-state index in [-0.39, 0.29) is 5.56 Å². The molecule has 31 heavy (non-hydrogen) atoms. The van der Waals surface area contributed by atoms with Gasteiger partial charge in [0, 0.05) is 6.42 Å². The summed E-state index contributed by atoms with van der Waals surface area (Å²) in [5.41, 5.74) is 1.32. The highest BCUT2D eigenvalue weighted by atomic mass is 16.6. The molecule has 0 amide bonds. The van der Waals surface area contributed by atoms with E-state index in [1.54, 1.807) is 6.07 Å². The molecule has 4 N–H and O–H groups in total. The van der Waals surface area contributed by atoms with Crippen LogP contribution in [0.4, 0.5) is 0 Å². The second kappa shape index (κ2) is 10.6. The number of esters is 1. The Morgan fingerprint density at radius 1 is 0.968 bits per heavy atom. The van der Waals surface area contributed by atoms with Crippen molar-refractivity contribution >= 4 is 5.97 Å². The fraction of sp³-hybridized carbons (Fsp3) is 0.409. The van der Waals surface area contributed by atoms with Crippen LogP contribution in [-0.4, -0.2) is 77.4 Å². The third kappa shape index (κ3) is 5.72. The molecule has 0 saturated carbocycles. The van der Waals surface area contributed by atoms with Gasteiger partial charge in [0.25, 0.3) is 0 Å². The lowest BCUT2D eigenvalue weighted by Gasteiger charge is -2.37. The molecule has 1 aliphatic rings. The van der Waals surface area contributed by atoms with Crippen molar-refractivity contribution in [2.75, 3.05) is 20.3 Å². The Balaban J connectivity index is 1.56. The van der Waals surface area contributed by atoms with Crippen molar-refractivity contribution in [2.45, 2.75) is 37.1 Å². The molecule has 9 heteroatoms. The van der Waals surface area contributed by atoms with Crippen molar-refractivity contribution in [1.29, 1.82) is 0 Å². The lowest BCUT2D eigenvalue weighted by molar-refractivity contribution is -0.286. The van der Waals surface area contributed by atoms with E-state index < -0.39 is 43.3 Å². The van der Waals surface area contributed by atoms with E-state index in [9.17, 15) is 25.2 Å². The first kappa shape index (κ1) is 23.0. The number of ether oxygens (including phenoxy) is 4. The van der Waals surface area contributed by atoms with Gasteiger partial charge in [-0.1, -0.05) is 30.3 Å². The Labute approximate surface area is 179 Å². The summed E-state index contributed by atoms with van der Waals surface area (Å²) in [7, 11) is 1.45. The van der Waals surface area contributed by atoms with Crippen LogP contribution in [0.3, 0.4) is 0 Å². The number of hydrogen-bond donors (Lipinski definition) is 4. The Hall–Kier alpha value is -2.69. The van der Waals surface area contributed by atoms with Crippen LogP contribution in [-0.2, 0) is 15.9 Å². The quantitative estimate of drug-likeness (QED) is 0.432. The van der Waals surface area contributed by atoms with Gasteiger partial charge in [-0.2, -0.15) is 0 Å². The molecular weight excluding hydrogens is 408 g/mol. The SMILES string of the molecule is COc1cc(C(=O)OC[C@H]2OC(O)[C@H](O)[C@@H](O)[C@@H]2O)ccc1OCCc1ccccc1. The highest BCUT2D eigenvalue weighted by Gasteiger charge is 2.43. The van der Waals surface area contributed by atoms with Crippen LogP contribution in [0.5, 0.6) is 11.5 Å². The smallest absolute Gasteiger partial charge is 0.338 e. The third-order valence-corrected chi connectivity index (χ3v) is 4.96. The van der Waals surface area contributed by atoms with Gasteiger partial charge in [-0.3, -0.25) is 0 Å². The molecule has 2 aromatic rings. The topological polar surface area (TPSA) is 135 Å². The Bertz CT molecular complexity index is 857. The summed E-state index contributed by atoms with van der Waals surface area (Å²) in [6.45, 7) is -0.00391. The van der Waals surface area contributed by atoms with Crippen molar-refractivity contribution in [3.63, 3.8) is 0 Å². The number of aliphatic hydroxyl groups excluding tert-OH is 4. The highest BCUT2D eigenvalue weighted by molar-refractivity contribution is 5.90. The van der Waals surface area contributed by atoms with Gasteiger partial charge in [-0.05, 0) is 23.8 Å². The largest absolute Gasteiger partial charge is 0.493 e. The van der Waals surface area contributed by atoms with Crippen molar-refractivity contribution in [1.82, 2.24) is 0 Å². The van der Waals surface area contributed by atoms with Crippen LogP contribution >= 0.6 is 0 Å². The van der Waals surface area contributed by atoms with Crippen molar-refractivity contribution in [3.05, 3.63) is 59.7 Å². The first-order chi connectivity index (χ1) is 14.9. The molecule has 1 saturated heterocycles. The van der Waals surface area contributed by atoms with Crippen LogP contribution in [0.15, 0.2) is 48.5 Å². The van der Waals surface area contributed by atoms with Gasteiger partial charge in [0.2, 0.25) is 0 Å². The van der Waals surface area contributed by atoms with Gasteiger partial charge in [0.05, 0.1) is 19.3 Å². The van der Waals surface area contributed by atoms with Crippen LogP contribution in [0.2, 0.25) is 0 Å². The van der Waals surface area contributed by atoms with Gasteiger partial charge in [0.1, 0.15) is 31.0 Å². The number of hydrogen-bond acceptors (Lipinski definition) is 9. The molecule has 2 aromatic carbocycles. The van der Waals surface area contributed by atoms with Crippen LogP contribution in [0.1, 0.15) is 15.9 Å². The molecule has 168 valence electrons. The summed E-state index contributed by atoms with van der Waals surface area (Å²) in [5.74, 6) is 0.103. The summed E-state index contributed by atoms with van der Waals surface area (Å²) in [4.78, 5) is 12.4. The molecular formula is C22H26O9. The molecule has 1 heterocycles. The number of rotatable bonds is 8. The summed E-state index contributed by atoms with van der Waals surface area (Å²) in [6, 6.07) is 14.4. The zero-order chi connectivity index (χ0) is 22.4. The minimum absolute atomic E-state index is 0.179. The zero-order valence-corrected chi connectivity index (χ0v) is 17.0. The molecule has 0 aromatic heterocycles. The molecule has 1 aliphatic heterocycles. The summed E-state index contributed by atoms with van der Waals surface area (Å²) in [6.07, 6.45) is -6.99. The first-order valence-corrected chi connectivity index (χ1v) is 9.80. The molecule has 0 aliphatic carbocycles. The minimum Gasteiger partial charge on any atom is -0.493 e. The summed E-state index contributed by atoms with van der Waals surface area (Å²) >= 11 is 0. The van der Waals surface area contributed by atoms with Crippen LogP contribution in [0.25, 0.3) is 0 Å². The standard InChI is InChI=1S/C22H26O9/c1-28-16-11-14(7-8-15(16)29-10-9-13-5-3-2-4-6-13)21(26)30-12-17-18(23)19(24)20(25)22(27)31-17/h2-8,11,17-20,22-25,27H,9-10,12H2,1H3/t17-,18-,19+,20-,22?/m1/s1. The number of benzene rings is 2. The fourth-order valence-electron chi connectivity index (χ4n) is 3.15. The van der Waals surface area contributed by atoms with Crippen LogP contribution in [0, 0.1) is 0 Å². The maximum atomic E-state index is 12.4. The van der Waals surface area contributed by atoms with Gasteiger partial charge in [-0.15, -0.1) is 0 Å². The second-order valence-electron chi connectivity index (χ2n) is 7.09. The number of carbonyl (C=O) groups excluding carboxylic acids is 1. The van der Waals surface area contributed by atoms with Gasteiger partial charge in [0.15, 0.2) is 17.8 Å². The van der Waals surface area contributed by atoms with Gasteiger partial charge >= 0.3 is 5.97 Å². The predicted molar refractivity (Wildman–Crippen MR) is 108 cm³/mol. The van der Waals surface area contributed by atoms with Crippen molar-refractivity contribution < 1.29 is 44.2 Å². The molecule has 0 bridgehead atoms. The maximum absolute atomic E-state index is 12.4. The molecule has 1 fully saturated rings. The van der Waals surface area contributed by atoms with E-state index in [0.29, 0.717) is 24.5 Å². The van der Waals surface area contributed by atoms with Crippen molar-refractivity contribution in [3.8, 4) is 11.5 Å². The minimum atomic E-state index is -1.70. The molecule has 0 spiro atoms. The maximum Gasteiger partial charge on any atom is 0.338 e. The predicted octanol–water partition coefficient (Wildman–Crippen LogP) is 0.273. The molecule has 3 rings (SSSR count). The van der Waals surface area contributed by atoms with Gasteiger partial charge < -0.3 is 39.4 Å². The van der Waals surface area contributed by atoms with E-state index in [0.717, 1.165) is 5.56 Å². The Kier molecular flexibility index (Phi) is 7.83. The zero-order valence-electron chi connectivity index (χ0n) is 17.0. The van der Waals surface area contributed by atoms with Crippen LogP contribution < -0.4 is 9.47 Å². The summed E-state index contributed by atoms with van der Waals surface area (Å²) < 4.78 is 21.2. The second-order valence-corrected chi connectivity index (χ2v) is 7.09. The average molecular weight is 434 g/mol. The number of aliphatic hydroxyl groups is 4. The van der Waals surface area contributed by atoms with E-state index in [1.165, 1.54) is 19.2 Å². The highest BCUT2D eigenvalue weighted by Crippen LogP contribution is 2.29. The van der Waals surface area contributed by atoms with E-state index in [2.05, 4.69) is 0 Å². The Morgan fingerprint density at radius 2 is 1.71 bits per heavy atom. The lowest BCUT2D eigenvalue weighted by Crippen LogP contribution is -2.58. The first-order valence-electron chi connectivity index (χ1n) is 9.80. The lowest BCUT2D eigenvalue weighted by atomic mass is 9.99. The van der Waals surface area contributed by atoms with Gasteiger partial charge in [-0.25, -0.2) is 4.79 Å². The molecule has 5 atom stereocenters. The monoisotopic (exact) mass is 434 g/mol. The Morgan fingerprint density at radius 3 is 2.42 bits per heavy atom.